The smallest absolute Gasteiger partial charge is 0.423 e. The number of halogens is 3. The molecule has 3 aromatic rings. The highest BCUT2D eigenvalue weighted by molar-refractivity contribution is 5.92. The highest BCUT2D eigenvalue weighted by Crippen LogP contribution is 2.24. The Bertz CT molecular complexity index is 871. The van der Waals surface area contributed by atoms with E-state index in [1.165, 1.54) is 12.1 Å². The van der Waals surface area contributed by atoms with Crippen molar-refractivity contribution in [3.63, 3.8) is 0 Å². The summed E-state index contributed by atoms with van der Waals surface area (Å²) in [6.45, 7) is 0. The van der Waals surface area contributed by atoms with Gasteiger partial charge in [-0.2, -0.15) is 0 Å². The fourth-order valence-corrected chi connectivity index (χ4v) is 2.19. The zero-order valence-corrected chi connectivity index (χ0v) is 12.2. The summed E-state index contributed by atoms with van der Waals surface area (Å²) >= 11 is 0. The van der Waals surface area contributed by atoms with Crippen LogP contribution in [0.25, 0.3) is 10.8 Å². The molecular formula is C18H11F3O3. The summed E-state index contributed by atoms with van der Waals surface area (Å²) in [5.41, 5.74) is 0.123. The number of fused-ring (bicyclic) bond motifs is 1. The van der Waals surface area contributed by atoms with Gasteiger partial charge in [0.25, 0.3) is 0 Å². The molecule has 0 aromatic heterocycles. The van der Waals surface area contributed by atoms with Crippen LogP contribution in [0.3, 0.4) is 0 Å². The minimum Gasteiger partial charge on any atom is -0.423 e. The second-order valence-corrected chi connectivity index (χ2v) is 4.97. The van der Waals surface area contributed by atoms with Crippen LogP contribution in [0.5, 0.6) is 11.5 Å². The Balaban J connectivity index is 1.73. The molecule has 0 atom stereocenters. The van der Waals surface area contributed by atoms with Gasteiger partial charge in [0.05, 0.1) is 5.56 Å². The van der Waals surface area contributed by atoms with Gasteiger partial charge in [-0.1, -0.05) is 30.3 Å². The van der Waals surface area contributed by atoms with Gasteiger partial charge in [0.15, 0.2) is 0 Å². The molecule has 24 heavy (non-hydrogen) atoms. The van der Waals surface area contributed by atoms with E-state index in [-0.39, 0.29) is 5.56 Å². The van der Waals surface area contributed by atoms with Gasteiger partial charge < -0.3 is 9.47 Å². The van der Waals surface area contributed by atoms with E-state index in [0.717, 1.165) is 22.9 Å². The molecule has 3 rings (SSSR count). The van der Waals surface area contributed by atoms with Crippen LogP contribution in [0, 0.1) is 0 Å². The molecule has 0 heterocycles. The predicted molar refractivity (Wildman–Crippen MR) is 82.0 cm³/mol. The summed E-state index contributed by atoms with van der Waals surface area (Å²) in [6.07, 6.45) is -4.77. The van der Waals surface area contributed by atoms with Crippen molar-refractivity contribution in [3.8, 4) is 11.5 Å². The minimum absolute atomic E-state index is 0.123. The van der Waals surface area contributed by atoms with Crippen molar-refractivity contribution in [2.45, 2.75) is 6.36 Å². The molecule has 122 valence electrons. The average Bonchev–Trinajstić information content (AvgIpc) is 2.54. The molecule has 0 bridgehead atoms. The first-order valence-corrected chi connectivity index (χ1v) is 6.97. The predicted octanol–water partition coefficient (Wildman–Crippen LogP) is 4.96. The largest absolute Gasteiger partial charge is 0.573 e. The number of carbonyl (C=O) groups is 1. The third kappa shape index (κ3) is 3.84. The van der Waals surface area contributed by atoms with Crippen molar-refractivity contribution in [1.29, 1.82) is 0 Å². The van der Waals surface area contributed by atoms with Crippen LogP contribution < -0.4 is 9.47 Å². The molecule has 0 fully saturated rings. The van der Waals surface area contributed by atoms with E-state index < -0.39 is 18.1 Å². The second-order valence-electron chi connectivity index (χ2n) is 4.97. The van der Waals surface area contributed by atoms with Gasteiger partial charge in [-0.3, -0.25) is 0 Å². The number of hydrogen-bond acceptors (Lipinski definition) is 3. The summed E-state index contributed by atoms with van der Waals surface area (Å²) in [7, 11) is 0. The number of esters is 1. The van der Waals surface area contributed by atoms with Gasteiger partial charge in [0, 0.05) is 0 Å². The zero-order chi connectivity index (χ0) is 17.2. The molecule has 0 N–H and O–H groups in total. The van der Waals surface area contributed by atoms with E-state index >= 15 is 0 Å². The van der Waals surface area contributed by atoms with Gasteiger partial charge in [-0.25, -0.2) is 4.79 Å². The number of alkyl halides is 3. The molecular weight excluding hydrogens is 321 g/mol. The first-order chi connectivity index (χ1) is 11.4. The molecule has 0 amide bonds. The molecule has 3 aromatic carbocycles. The molecule has 0 saturated carbocycles. The quantitative estimate of drug-likeness (QED) is 0.502. The Morgan fingerprint density at radius 3 is 2.08 bits per heavy atom. The fraction of sp³-hybridized carbons (Fsp3) is 0.0556. The van der Waals surface area contributed by atoms with E-state index in [1.807, 2.05) is 30.3 Å². The van der Waals surface area contributed by atoms with E-state index in [4.69, 9.17) is 4.74 Å². The SMILES string of the molecule is O=C(Oc1ccc2ccccc2c1)c1ccc(OC(F)(F)F)cc1. The topological polar surface area (TPSA) is 35.5 Å². The van der Waals surface area contributed by atoms with Crippen LogP contribution in [0.15, 0.2) is 66.7 Å². The first-order valence-electron chi connectivity index (χ1n) is 6.97. The number of hydrogen-bond donors (Lipinski definition) is 0. The third-order valence-corrected chi connectivity index (χ3v) is 3.26. The summed E-state index contributed by atoms with van der Waals surface area (Å²) in [5, 5.41) is 1.92. The van der Waals surface area contributed by atoms with Crippen LogP contribution in [-0.4, -0.2) is 12.3 Å². The van der Waals surface area contributed by atoms with Gasteiger partial charge >= 0.3 is 12.3 Å². The molecule has 0 unspecified atom stereocenters. The van der Waals surface area contributed by atoms with Crippen molar-refractivity contribution in [2.75, 3.05) is 0 Å². The number of carbonyl (C=O) groups excluding carboxylic acids is 1. The summed E-state index contributed by atoms with van der Waals surface area (Å²) < 4.78 is 45.3. The summed E-state index contributed by atoms with van der Waals surface area (Å²) in [4.78, 5) is 12.1. The highest BCUT2D eigenvalue weighted by Gasteiger charge is 2.31. The summed E-state index contributed by atoms with van der Waals surface area (Å²) in [6, 6.07) is 17.3. The summed E-state index contributed by atoms with van der Waals surface area (Å²) in [5.74, 6) is -0.706. The first kappa shape index (κ1) is 15.9. The van der Waals surface area contributed by atoms with E-state index in [9.17, 15) is 18.0 Å². The lowest BCUT2D eigenvalue weighted by Gasteiger charge is -2.09. The lowest BCUT2D eigenvalue weighted by atomic mass is 10.1. The Hall–Kier alpha value is -3.02. The molecule has 0 radical (unpaired) electrons. The lowest BCUT2D eigenvalue weighted by molar-refractivity contribution is -0.274. The maximum absolute atomic E-state index is 12.1. The van der Waals surface area contributed by atoms with Crippen molar-refractivity contribution in [1.82, 2.24) is 0 Å². The van der Waals surface area contributed by atoms with Gasteiger partial charge in [0.1, 0.15) is 11.5 Å². The van der Waals surface area contributed by atoms with Crippen LogP contribution in [0.1, 0.15) is 10.4 Å². The minimum atomic E-state index is -4.77. The lowest BCUT2D eigenvalue weighted by Crippen LogP contribution is -2.17. The molecule has 0 saturated heterocycles. The van der Waals surface area contributed by atoms with Crippen molar-refractivity contribution < 1.29 is 27.4 Å². The zero-order valence-electron chi connectivity index (χ0n) is 12.2. The standard InChI is InChI=1S/C18H11F3O3/c19-18(20,21)24-15-8-6-13(7-9-15)17(22)23-16-10-5-12-3-1-2-4-14(12)11-16/h1-11H. The molecule has 0 aliphatic carbocycles. The number of rotatable bonds is 3. The molecule has 0 aliphatic rings. The van der Waals surface area contributed by atoms with Crippen LogP contribution in [0.2, 0.25) is 0 Å². The monoisotopic (exact) mass is 332 g/mol. The van der Waals surface area contributed by atoms with Crippen molar-refractivity contribution in [2.24, 2.45) is 0 Å². The number of benzene rings is 3. The molecule has 0 aliphatic heterocycles. The van der Waals surface area contributed by atoms with E-state index in [2.05, 4.69) is 4.74 Å². The normalized spacial score (nSPS) is 11.3. The van der Waals surface area contributed by atoms with Crippen LogP contribution >= 0.6 is 0 Å². The number of ether oxygens (including phenoxy) is 2. The third-order valence-electron chi connectivity index (χ3n) is 3.26. The molecule has 0 spiro atoms. The Morgan fingerprint density at radius 2 is 1.42 bits per heavy atom. The van der Waals surface area contributed by atoms with Crippen molar-refractivity contribution in [3.05, 3.63) is 72.3 Å². The van der Waals surface area contributed by atoms with Crippen LogP contribution in [-0.2, 0) is 0 Å². The van der Waals surface area contributed by atoms with Gasteiger partial charge in [0.2, 0.25) is 0 Å². The average molecular weight is 332 g/mol. The van der Waals surface area contributed by atoms with Gasteiger partial charge in [-0.15, -0.1) is 13.2 Å². The fourth-order valence-electron chi connectivity index (χ4n) is 2.19. The molecule has 3 nitrogen and oxygen atoms in total. The Morgan fingerprint density at radius 1 is 0.792 bits per heavy atom. The maximum Gasteiger partial charge on any atom is 0.573 e. The molecule has 6 heteroatoms. The van der Waals surface area contributed by atoms with E-state index in [1.54, 1.807) is 12.1 Å². The maximum atomic E-state index is 12.1. The van der Waals surface area contributed by atoms with Gasteiger partial charge in [-0.05, 0) is 47.2 Å². The van der Waals surface area contributed by atoms with Crippen LogP contribution in [0.4, 0.5) is 13.2 Å². The Labute approximate surface area is 135 Å². The Kier molecular flexibility index (Phi) is 4.12. The highest BCUT2D eigenvalue weighted by atomic mass is 19.4. The van der Waals surface area contributed by atoms with E-state index in [0.29, 0.717) is 5.75 Å². The van der Waals surface area contributed by atoms with Crippen molar-refractivity contribution >= 4 is 16.7 Å². The second kappa shape index (κ2) is 6.23.